The monoisotopic (exact) mass is 369 g/mol. The van der Waals surface area contributed by atoms with E-state index in [9.17, 15) is 4.79 Å². The molecular formula is C19H23N5OS. The SMILES string of the molecule is CN(C)c1ccc(C=C2SC(N3CCN(CCC#N)CC3)=NC2=O)cc1. The summed E-state index contributed by atoms with van der Waals surface area (Å²) >= 11 is 1.46. The highest BCUT2D eigenvalue weighted by molar-refractivity contribution is 8.18. The van der Waals surface area contributed by atoms with Gasteiger partial charge < -0.3 is 9.80 Å². The first-order chi connectivity index (χ1) is 12.6. The van der Waals surface area contributed by atoms with Crippen LogP contribution in [0.1, 0.15) is 12.0 Å². The van der Waals surface area contributed by atoms with Gasteiger partial charge in [0, 0.05) is 58.9 Å². The lowest BCUT2D eigenvalue weighted by atomic mass is 10.2. The van der Waals surface area contributed by atoms with Crippen molar-refractivity contribution in [1.29, 1.82) is 5.26 Å². The van der Waals surface area contributed by atoms with Crippen LogP contribution in [0, 0.1) is 11.3 Å². The molecule has 2 aliphatic rings. The van der Waals surface area contributed by atoms with Crippen LogP contribution in [0.5, 0.6) is 0 Å². The van der Waals surface area contributed by atoms with Crippen molar-refractivity contribution in [3.63, 3.8) is 0 Å². The van der Waals surface area contributed by atoms with E-state index in [1.54, 1.807) is 0 Å². The molecule has 0 spiro atoms. The number of thioether (sulfide) groups is 1. The average molecular weight is 369 g/mol. The van der Waals surface area contributed by atoms with Crippen molar-refractivity contribution in [2.45, 2.75) is 6.42 Å². The number of nitrogens with zero attached hydrogens (tertiary/aromatic N) is 5. The van der Waals surface area contributed by atoms with Crippen LogP contribution in [0.25, 0.3) is 6.08 Å². The van der Waals surface area contributed by atoms with E-state index in [0.29, 0.717) is 11.3 Å². The molecule has 0 radical (unpaired) electrons. The van der Waals surface area contributed by atoms with Gasteiger partial charge >= 0.3 is 0 Å². The minimum atomic E-state index is -0.159. The minimum Gasteiger partial charge on any atom is -0.378 e. The Morgan fingerprint density at radius 3 is 2.54 bits per heavy atom. The van der Waals surface area contributed by atoms with Crippen molar-refractivity contribution in [2.24, 2.45) is 4.99 Å². The number of benzene rings is 1. The second-order valence-corrected chi connectivity index (χ2v) is 7.54. The van der Waals surface area contributed by atoms with E-state index in [0.717, 1.165) is 49.1 Å². The lowest BCUT2D eigenvalue weighted by Crippen LogP contribution is -2.47. The fraction of sp³-hybridized carbons (Fsp3) is 0.421. The van der Waals surface area contributed by atoms with E-state index >= 15 is 0 Å². The first kappa shape index (κ1) is 18.5. The molecular weight excluding hydrogens is 346 g/mol. The average Bonchev–Trinajstić information content (AvgIpc) is 3.01. The van der Waals surface area contributed by atoms with Crippen LogP contribution in [0.3, 0.4) is 0 Å². The van der Waals surface area contributed by atoms with Crippen LogP contribution in [-0.4, -0.2) is 67.7 Å². The van der Waals surface area contributed by atoms with Crippen LogP contribution in [0.2, 0.25) is 0 Å². The van der Waals surface area contributed by atoms with Gasteiger partial charge in [0.05, 0.1) is 11.0 Å². The molecule has 7 heteroatoms. The van der Waals surface area contributed by atoms with Gasteiger partial charge in [0.1, 0.15) is 0 Å². The maximum absolute atomic E-state index is 12.3. The number of amidine groups is 1. The molecule has 0 bridgehead atoms. The summed E-state index contributed by atoms with van der Waals surface area (Å²) in [6.45, 7) is 4.31. The highest BCUT2D eigenvalue weighted by atomic mass is 32.2. The summed E-state index contributed by atoms with van der Waals surface area (Å²) in [5.41, 5.74) is 2.13. The Kier molecular flexibility index (Phi) is 5.96. The maximum Gasteiger partial charge on any atom is 0.286 e. The number of aliphatic imine (C=N–C) groups is 1. The van der Waals surface area contributed by atoms with Gasteiger partial charge in [0.2, 0.25) is 0 Å². The Balaban J connectivity index is 1.60. The van der Waals surface area contributed by atoms with E-state index in [-0.39, 0.29) is 5.91 Å². The number of nitriles is 1. The zero-order chi connectivity index (χ0) is 18.5. The number of rotatable bonds is 4. The number of anilines is 1. The Morgan fingerprint density at radius 2 is 1.92 bits per heavy atom. The maximum atomic E-state index is 12.3. The van der Waals surface area contributed by atoms with E-state index in [4.69, 9.17) is 5.26 Å². The number of carbonyl (C=O) groups excluding carboxylic acids is 1. The molecule has 1 saturated heterocycles. The standard InChI is InChI=1S/C19H23N5OS/c1-22(2)16-6-4-15(5-7-16)14-17-18(25)21-19(26-17)24-12-10-23(11-13-24)9-3-8-20/h4-7,14H,3,9-13H2,1-2H3. The van der Waals surface area contributed by atoms with Crippen molar-refractivity contribution < 1.29 is 4.79 Å². The Labute approximate surface area is 158 Å². The number of piperazine rings is 1. The third-order valence-corrected chi connectivity index (χ3v) is 5.54. The van der Waals surface area contributed by atoms with Crippen LogP contribution in [0.15, 0.2) is 34.2 Å². The molecule has 1 amide bonds. The zero-order valence-corrected chi connectivity index (χ0v) is 16.0. The molecule has 0 saturated carbocycles. The molecule has 3 rings (SSSR count). The van der Waals surface area contributed by atoms with Gasteiger partial charge in [-0.2, -0.15) is 10.3 Å². The highest BCUT2D eigenvalue weighted by Crippen LogP contribution is 2.31. The second-order valence-electron chi connectivity index (χ2n) is 6.53. The Morgan fingerprint density at radius 1 is 1.23 bits per heavy atom. The van der Waals surface area contributed by atoms with Gasteiger partial charge in [-0.3, -0.25) is 9.69 Å². The number of carbonyl (C=O) groups is 1. The number of hydrogen-bond donors (Lipinski definition) is 0. The second kappa shape index (κ2) is 8.39. The predicted octanol–water partition coefficient (Wildman–Crippen LogP) is 2.25. The zero-order valence-electron chi connectivity index (χ0n) is 15.2. The smallest absolute Gasteiger partial charge is 0.286 e. The first-order valence-electron chi connectivity index (χ1n) is 8.71. The summed E-state index contributed by atoms with van der Waals surface area (Å²) in [6, 6.07) is 10.3. The van der Waals surface area contributed by atoms with Gasteiger partial charge in [-0.05, 0) is 35.5 Å². The summed E-state index contributed by atoms with van der Waals surface area (Å²) in [5, 5.41) is 9.48. The largest absolute Gasteiger partial charge is 0.378 e. The summed E-state index contributed by atoms with van der Waals surface area (Å²) in [6.07, 6.45) is 2.47. The molecule has 26 heavy (non-hydrogen) atoms. The molecule has 0 atom stereocenters. The van der Waals surface area contributed by atoms with Crippen molar-refractivity contribution in [3.8, 4) is 6.07 Å². The summed E-state index contributed by atoms with van der Waals surface area (Å²) < 4.78 is 0. The van der Waals surface area contributed by atoms with Gasteiger partial charge in [0.15, 0.2) is 5.17 Å². The molecule has 1 fully saturated rings. The van der Waals surface area contributed by atoms with Gasteiger partial charge in [0.25, 0.3) is 5.91 Å². The molecule has 0 aromatic heterocycles. The fourth-order valence-electron chi connectivity index (χ4n) is 2.92. The topological polar surface area (TPSA) is 62.9 Å². The Bertz CT molecular complexity index is 755. The quantitative estimate of drug-likeness (QED) is 0.759. The molecule has 136 valence electrons. The molecule has 6 nitrogen and oxygen atoms in total. The van der Waals surface area contributed by atoms with Crippen molar-refractivity contribution in [2.75, 3.05) is 51.7 Å². The van der Waals surface area contributed by atoms with E-state index < -0.39 is 0 Å². The molecule has 0 N–H and O–H groups in total. The lowest BCUT2D eigenvalue weighted by Gasteiger charge is -2.34. The fourth-order valence-corrected chi connectivity index (χ4v) is 3.89. The summed E-state index contributed by atoms with van der Waals surface area (Å²) in [5.74, 6) is -0.159. The minimum absolute atomic E-state index is 0.159. The Hall–Kier alpha value is -2.30. The van der Waals surface area contributed by atoms with E-state index in [2.05, 4.69) is 20.9 Å². The molecule has 2 aliphatic heterocycles. The first-order valence-corrected chi connectivity index (χ1v) is 9.52. The van der Waals surface area contributed by atoms with Gasteiger partial charge in [-0.1, -0.05) is 12.1 Å². The van der Waals surface area contributed by atoms with Crippen molar-refractivity contribution >= 4 is 34.6 Å². The van der Waals surface area contributed by atoms with E-state index in [1.165, 1.54) is 11.8 Å². The highest BCUT2D eigenvalue weighted by Gasteiger charge is 2.28. The van der Waals surface area contributed by atoms with Crippen LogP contribution >= 0.6 is 11.8 Å². The predicted molar refractivity (Wildman–Crippen MR) is 107 cm³/mol. The third kappa shape index (κ3) is 4.45. The number of amides is 1. The summed E-state index contributed by atoms with van der Waals surface area (Å²) in [4.78, 5) is 23.7. The van der Waals surface area contributed by atoms with E-state index in [1.807, 2.05) is 49.3 Å². The normalized spacial score (nSPS) is 19.6. The van der Waals surface area contributed by atoms with Crippen molar-refractivity contribution in [3.05, 3.63) is 34.7 Å². The van der Waals surface area contributed by atoms with Crippen LogP contribution < -0.4 is 4.90 Å². The molecule has 2 heterocycles. The van der Waals surface area contributed by atoms with Crippen LogP contribution in [-0.2, 0) is 4.79 Å². The molecule has 1 aromatic carbocycles. The van der Waals surface area contributed by atoms with Crippen LogP contribution in [0.4, 0.5) is 5.69 Å². The number of hydrogen-bond acceptors (Lipinski definition) is 6. The molecule has 1 aromatic rings. The molecule has 0 unspecified atom stereocenters. The van der Waals surface area contributed by atoms with Gasteiger partial charge in [-0.25, -0.2) is 0 Å². The summed E-state index contributed by atoms with van der Waals surface area (Å²) in [7, 11) is 4.01. The molecule has 0 aliphatic carbocycles. The third-order valence-electron chi connectivity index (χ3n) is 4.50. The van der Waals surface area contributed by atoms with Gasteiger partial charge in [-0.15, -0.1) is 0 Å². The van der Waals surface area contributed by atoms with Crippen molar-refractivity contribution in [1.82, 2.24) is 9.80 Å². The lowest BCUT2D eigenvalue weighted by molar-refractivity contribution is -0.113.